The van der Waals surface area contributed by atoms with Gasteiger partial charge in [0.25, 0.3) is 0 Å². The lowest BCUT2D eigenvalue weighted by Crippen LogP contribution is -2.42. The lowest BCUT2D eigenvalue weighted by Gasteiger charge is -2.16. The van der Waals surface area contributed by atoms with Gasteiger partial charge in [-0.2, -0.15) is 0 Å². The Morgan fingerprint density at radius 2 is 1.31 bits per heavy atom. The highest BCUT2D eigenvalue weighted by molar-refractivity contribution is 4.64. The first-order valence-corrected chi connectivity index (χ1v) is 5.41. The summed E-state index contributed by atoms with van der Waals surface area (Å²) in [5.41, 5.74) is 11.6. The second-order valence-electron chi connectivity index (χ2n) is 3.57. The maximum Gasteiger partial charge on any atom is 0.0729 e. The average molecular weight is 186 g/mol. The fraction of sp³-hybridized carbons (Fsp3) is 1.00. The van der Waals surface area contributed by atoms with E-state index < -0.39 is 0 Å². The molecule has 1 radical (unpaired) electrons. The van der Waals surface area contributed by atoms with Gasteiger partial charge in [-0.05, 0) is 12.8 Å². The van der Waals surface area contributed by atoms with Crippen LogP contribution in [0.4, 0.5) is 0 Å². The molecule has 2 unspecified atom stereocenters. The van der Waals surface area contributed by atoms with Crippen LogP contribution in [0.15, 0.2) is 0 Å². The number of rotatable bonds is 8. The Morgan fingerprint density at radius 1 is 0.923 bits per heavy atom. The van der Waals surface area contributed by atoms with Gasteiger partial charge in [-0.1, -0.05) is 39.5 Å². The van der Waals surface area contributed by atoms with Gasteiger partial charge >= 0.3 is 0 Å². The van der Waals surface area contributed by atoms with Crippen LogP contribution in [0, 0.1) is 0 Å². The highest BCUT2D eigenvalue weighted by atomic mass is 15.1. The fourth-order valence-corrected chi connectivity index (χ4v) is 1.22. The van der Waals surface area contributed by atoms with Crippen LogP contribution in [-0.4, -0.2) is 12.3 Å². The maximum atomic E-state index is 5.79. The lowest BCUT2D eigenvalue weighted by atomic mass is 10.2. The topological polar surface area (TPSA) is 66.1 Å². The molecular formula is C10H24N3. The minimum Gasteiger partial charge on any atom is -0.315 e. The zero-order valence-corrected chi connectivity index (χ0v) is 9.00. The summed E-state index contributed by atoms with van der Waals surface area (Å²) in [6.45, 7) is 4.31. The molecule has 0 aromatic rings. The Balaban J connectivity index is 3.35. The molecule has 0 aromatic heterocycles. The molecule has 0 saturated heterocycles. The predicted octanol–water partition coefficient (Wildman–Crippen LogP) is 1.54. The van der Waals surface area contributed by atoms with Crippen molar-refractivity contribution in [2.24, 2.45) is 11.5 Å². The van der Waals surface area contributed by atoms with Crippen LogP contribution in [0.25, 0.3) is 0 Å². The largest absolute Gasteiger partial charge is 0.315 e. The molecule has 3 nitrogen and oxygen atoms in total. The van der Waals surface area contributed by atoms with Gasteiger partial charge in [0.05, 0.1) is 12.3 Å². The molecule has 0 spiro atoms. The molecule has 0 rings (SSSR count). The number of nitrogens with two attached hydrogens (primary N) is 2. The molecule has 0 fully saturated rings. The molecule has 0 heterocycles. The smallest absolute Gasteiger partial charge is 0.0729 e. The number of nitrogens with zero attached hydrogens (tertiary/aromatic N) is 1. The maximum absolute atomic E-state index is 5.79. The van der Waals surface area contributed by atoms with Crippen LogP contribution < -0.4 is 16.8 Å². The third kappa shape index (κ3) is 8.22. The molecule has 0 aliphatic carbocycles. The van der Waals surface area contributed by atoms with E-state index >= 15 is 0 Å². The first-order chi connectivity index (χ1) is 6.20. The van der Waals surface area contributed by atoms with E-state index in [2.05, 4.69) is 19.2 Å². The molecule has 0 bridgehead atoms. The molecule has 0 saturated carbocycles. The Kier molecular flexibility index (Phi) is 8.40. The van der Waals surface area contributed by atoms with Crippen molar-refractivity contribution >= 4 is 0 Å². The summed E-state index contributed by atoms with van der Waals surface area (Å²) in [5.74, 6) is 0. The molecule has 2 atom stereocenters. The zero-order valence-electron chi connectivity index (χ0n) is 9.00. The molecular weight excluding hydrogens is 162 g/mol. The molecule has 0 amide bonds. The van der Waals surface area contributed by atoms with Crippen LogP contribution in [0.2, 0.25) is 0 Å². The van der Waals surface area contributed by atoms with Crippen molar-refractivity contribution in [3.63, 3.8) is 0 Å². The van der Waals surface area contributed by atoms with Crippen molar-refractivity contribution in [2.75, 3.05) is 0 Å². The second kappa shape index (κ2) is 8.48. The van der Waals surface area contributed by atoms with Gasteiger partial charge in [0.1, 0.15) is 0 Å². The van der Waals surface area contributed by atoms with Crippen LogP contribution in [-0.2, 0) is 0 Å². The van der Waals surface area contributed by atoms with E-state index in [9.17, 15) is 0 Å². The molecule has 4 N–H and O–H groups in total. The van der Waals surface area contributed by atoms with Crippen LogP contribution >= 0.6 is 0 Å². The van der Waals surface area contributed by atoms with Gasteiger partial charge in [0.2, 0.25) is 0 Å². The molecule has 3 heteroatoms. The van der Waals surface area contributed by atoms with E-state index in [0.29, 0.717) is 0 Å². The minimum atomic E-state index is -0.0493. The molecule has 0 aliphatic heterocycles. The van der Waals surface area contributed by atoms with E-state index in [-0.39, 0.29) is 12.3 Å². The molecule has 79 valence electrons. The van der Waals surface area contributed by atoms with Gasteiger partial charge in [-0.3, -0.25) is 0 Å². The van der Waals surface area contributed by atoms with Crippen molar-refractivity contribution in [2.45, 2.75) is 64.7 Å². The number of unbranched alkanes of at least 4 members (excludes halogenated alkanes) is 2. The fourth-order valence-electron chi connectivity index (χ4n) is 1.22. The first-order valence-electron chi connectivity index (χ1n) is 5.41. The predicted molar refractivity (Wildman–Crippen MR) is 57.1 cm³/mol. The molecule has 13 heavy (non-hydrogen) atoms. The Labute approximate surface area is 82.3 Å². The third-order valence-corrected chi connectivity index (χ3v) is 2.09. The zero-order chi connectivity index (χ0) is 10.1. The van der Waals surface area contributed by atoms with Crippen molar-refractivity contribution in [1.29, 1.82) is 0 Å². The lowest BCUT2D eigenvalue weighted by molar-refractivity contribution is 0.380. The van der Waals surface area contributed by atoms with Gasteiger partial charge < -0.3 is 11.5 Å². The van der Waals surface area contributed by atoms with Gasteiger partial charge in [-0.25, -0.2) is 5.32 Å². The molecule has 0 aromatic carbocycles. The highest BCUT2D eigenvalue weighted by Crippen LogP contribution is 2.01. The van der Waals surface area contributed by atoms with E-state index in [1.807, 2.05) is 0 Å². The summed E-state index contributed by atoms with van der Waals surface area (Å²) in [6.07, 6.45) is 6.47. The van der Waals surface area contributed by atoms with Crippen LogP contribution in [0.3, 0.4) is 0 Å². The second-order valence-corrected chi connectivity index (χ2v) is 3.57. The normalized spacial score (nSPS) is 15.7. The summed E-state index contributed by atoms with van der Waals surface area (Å²) < 4.78 is 0. The third-order valence-electron chi connectivity index (χ3n) is 2.09. The Bertz CT molecular complexity index is 94.3. The number of hydrogen-bond donors (Lipinski definition) is 2. The first kappa shape index (κ1) is 12.9. The van der Waals surface area contributed by atoms with Gasteiger partial charge in [0, 0.05) is 0 Å². The number of hydrogen-bond acceptors (Lipinski definition) is 2. The monoisotopic (exact) mass is 186 g/mol. The van der Waals surface area contributed by atoms with E-state index in [4.69, 9.17) is 11.5 Å². The van der Waals surface area contributed by atoms with E-state index in [1.54, 1.807) is 0 Å². The van der Waals surface area contributed by atoms with Crippen molar-refractivity contribution in [3.05, 3.63) is 0 Å². The summed E-state index contributed by atoms with van der Waals surface area (Å²) in [6, 6.07) is 0. The summed E-state index contributed by atoms with van der Waals surface area (Å²) in [5, 5.41) is 4.31. The SMILES string of the molecule is CCCCC(N)[N]C(N)CCCC. The Hall–Kier alpha value is -0.120. The quantitative estimate of drug-likeness (QED) is 0.604. The van der Waals surface area contributed by atoms with E-state index in [1.165, 1.54) is 12.8 Å². The minimum absolute atomic E-state index is 0.0493. The summed E-state index contributed by atoms with van der Waals surface area (Å²) in [7, 11) is 0. The summed E-state index contributed by atoms with van der Waals surface area (Å²) in [4.78, 5) is 0. The van der Waals surface area contributed by atoms with Gasteiger partial charge in [-0.15, -0.1) is 0 Å². The van der Waals surface area contributed by atoms with Crippen molar-refractivity contribution in [3.8, 4) is 0 Å². The molecule has 0 aliphatic rings. The Morgan fingerprint density at radius 3 is 1.62 bits per heavy atom. The van der Waals surface area contributed by atoms with Crippen molar-refractivity contribution < 1.29 is 0 Å². The van der Waals surface area contributed by atoms with E-state index in [0.717, 1.165) is 25.7 Å². The standard InChI is InChI=1S/C10H24N3/c1-3-5-7-9(11)13-10(12)8-6-4-2/h9-10H,3-8,11-12H2,1-2H3. The van der Waals surface area contributed by atoms with Gasteiger partial charge in [0.15, 0.2) is 0 Å². The highest BCUT2D eigenvalue weighted by Gasteiger charge is 2.08. The van der Waals surface area contributed by atoms with Crippen LogP contribution in [0.5, 0.6) is 0 Å². The summed E-state index contributed by atoms with van der Waals surface area (Å²) >= 11 is 0. The van der Waals surface area contributed by atoms with Crippen molar-refractivity contribution in [1.82, 2.24) is 5.32 Å². The average Bonchev–Trinajstić information content (AvgIpc) is 2.11. The van der Waals surface area contributed by atoms with Crippen LogP contribution in [0.1, 0.15) is 52.4 Å².